The molecule has 2 aromatic rings. The lowest BCUT2D eigenvalue weighted by molar-refractivity contribution is 0.603. The topological polar surface area (TPSA) is 76.7 Å². The maximum Gasteiger partial charge on any atom is 0.343 e. The fraction of sp³-hybridized carbons (Fsp3) is 0.333. The number of nitrogens with two attached hydrogens (primary N) is 1. The summed E-state index contributed by atoms with van der Waals surface area (Å²) < 4.78 is 15.3. The molecule has 102 valence electrons. The van der Waals surface area contributed by atoms with Crippen LogP contribution in [0.2, 0.25) is 0 Å². The van der Waals surface area contributed by atoms with Crippen LogP contribution in [0.1, 0.15) is 18.9 Å². The summed E-state index contributed by atoms with van der Waals surface area (Å²) in [5.74, 6) is -0.0276. The smallest absolute Gasteiger partial charge is 0.343 e. The summed E-state index contributed by atoms with van der Waals surface area (Å²) in [5.41, 5.74) is 5.91. The van der Waals surface area contributed by atoms with Gasteiger partial charge in [-0.15, -0.1) is 5.10 Å². The highest BCUT2D eigenvalue weighted by Crippen LogP contribution is 2.23. The number of aromatic amines is 1. The SMILES string of the molecule is CCCn1c(SCc2cccc(N)c2F)n[nH]c1=O. The third kappa shape index (κ3) is 2.98. The van der Waals surface area contributed by atoms with Crippen LogP contribution < -0.4 is 11.4 Å². The van der Waals surface area contributed by atoms with Crippen molar-refractivity contribution in [3.63, 3.8) is 0 Å². The highest BCUT2D eigenvalue weighted by atomic mass is 32.2. The van der Waals surface area contributed by atoms with Gasteiger partial charge in [0.25, 0.3) is 0 Å². The molecule has 0 spiro atoms. The van der Waals surface area contributed by atoms with E-state index >= 15 is 0 Å². The maximum absolute atomic E-state index is 13.7. The Morgan fingerprint density at radius 3 is 3.05 bits per heavy atom. The van der Waals surface area contributed by atoms with Crippen LogP contribution in [0.4, 0.5) is 10.1 Å². The van der Waals surface area contributed by atoms with E-state index in [0.717, 1.165) is 6.42 Å². The van der Waals surface area contributed by atoms with E-state index in [1.807, 2.05) is 6.92 Å². The van der Waals surface area contributed by atoms with Crippen molar-refractivity contribution in [2.75, 3.05) is 5.73 Å². The number of rotatable bonds is 5. The van der Waals surface area contributed by atoms with Gasteiger partial charge in [0.2, 0.25) is 0 Å². The average molecular weight is 282 g/mol. The number of nitrogens with zero attached hydrogens (tertiary/aromatic N) is 2. The van der Waals surface area contributed by atoms with E-state index in [-0.39, 0.29) is 11.4 Å². The highest BCUT2D eigenvalue weighted by Gasteiger charge is 2.11. The molecule has 7 heteroatoms. The number of nitrogens with one attached hydrogen (secondary N) is 1. The molecule has 1 aromatic heterocycles. The zero-order valence-corrected chi connectivity index (χ0v) is 11.3. The predicted octanol–water partition coefficient (Wildman–Crippen LogP) is 1.99. The standard InChI is InChI=1S/C12H15FN4OS/c1-2-6-17-11(18)15-16-12(17)19-7-8-4-3-5-9(14)10(8)13/h3-5H,2,6-7,14H2,1H3,(H,15,18). The number of aromatic nitrogens is 3. The van der Waals surface area contributed by atoms with Gasteiger partial charge >= 0.3 is 5.69 Å². The first-order chi connectivity index (χ1) is 9.13. The van der Waals surface area contributed by atoms with E-state index in [9.17, 15) is 9.18 Å². The van der Waals surface area contributed by atoms with Crippen molar-refractivity contribution in [3.8, 4) is 0 Å². The Morgan fingerprint density at radius 2 is 2.32 bits per heavy atom. The Kier molecular flexibility index (Phi) is 4.26. The normalized spacial score (nSPS) is 10.8. The van der Waals surface area contributed by atoms with Gasteiger partial charge in [0, 0.05) is 17.9 Å². The molecule has 0 amide bonds. The van der Waals surface area contributed by atoms with Crippen LogP contribution in [-0.4, -0.2) is 14.8 Å². The largest absolute Gasteiger partial charge is 0.396 e. The number of hydrogen-bond acceptors (Lipinski definition) is 4. The first-order valence-electron chi connectivity index (χ1n) is 5.94. The monoisotopic (exact) mass is 282 g/mol. The quantitative estimate of drug-likeness (QED) is 0.649. The van der Waals surface area contributed by atoms with Gasteiger partial charge in [-0.1, -0.05) is 30.8 Å². The van der Waals surface area contributed by atoms with E-state index < -0.39 is 5.82 Å². The summed E-state index contributed by atoms with van der Waals surface area (Å²) in [6.07, 6.45) is 0.833. The van der Waals surface area contributed by atoms with Crippen molar-refractivity contribution in [2.45, 2.75) is 30.8 Å². The number of anilines is 1. The van der Waals surface area contributed by atoms with Crippen LogP contribution in [0.3, 0.4) is 0 Å². The van der Waals surface area contributed by atoms with E-state index in [0.29, 0.717) is 23.0 Å². The minimum absolute atomic E-state index is 0.131. The molecule has 0 bridgehead atoms. The summed E-state index contributed by atoms with van der Waals surface area (Å²) in [4.78, 5) is 11.5. The van der Waals surface area contributed by atoms with Gasteiger partial charge in [-0.2, -0.15) is 0 Å². The van der Waals surface area contributed by atoms with Gasteiger partial charge in [0.1, 0.15) is 5.82 Å². The Bertz CT molecular complexity index is 622. The van der Waals surface area contributed by atoms with Crippen molar-refractivity contribution in [1.29, 1.82) is 0 Å². The summed E-state index contributed by atoms with van der Waals surface area (Å²) in [5, 5.41) is 6.90. The molecule has 2 rings (SSSR count). The summed E-state index contributed by atoms with van der Waals surface area (Å²) in [6.45, 7) is 2.57. The van der Waals surface area contributed by atoms with Crippen molar-refractivity contribution in [1.82, 2.24) is 14.8 Å². The Morgan fingerprint density at radius 1 is 1.53 bits per heavy atom. The number of H-pyrrole nitrogens is 1. The van der Waals surface area contributed by atoms with E-state index in [1.165, 1.54) is 17.8 Å². The summed E-state index contributed by atoms with van der Waals surface area (Å²) in [6, 6.07) is 4.90. The molecule has 19 heavy (non-hydrogen) atoms. The maximum atomic E-state index is 13.7. The number of thioether (sulfide) groups is 1. The van der Waals surface area contributed by atoms with Crippen molar-refractivity contribution < 1.29 is 4.39 Å². The molecule has 3 N–H and O–H groups in total. The lowest BCUT2D eigenvalue weighted by Crippen LogP contribution is -2.17. The second kappa shape index (κ2) is 5.92. The predicted molar refractivity (Wildman–Crippen MR) is 73.5 cm³/mol. The van der Waals surface area contributed by atoms with Crippen LogP contribution in [-0.2, 0) is 12.3 Å². The fourth-order valence-corrected chi connectivity index (χ4v) is 2.64. The van der Waals surface area contributed by atoms with Gasteiger partial charge < -0.3 is 5.73 Å². The lowest BCUT2D eigenvalue weighted by atomic mass is 10.2. The van der Waals surface area contributed by atoms with Gasteiger partial charge in [0.05, 0.1) is 5.69 Å². The molecule has 1 aromatic carbocycles. The average Bonchev–Trinajstić information content (AvgIpc) is 2.74. The molecule has 0 aliphatic carbocycles. The van der Waals surface area contributed by atoms with Crippen molar-refractivity contribution in [3.05, 3.63) is 40.1 Å². The molecular weight excluding hydrogens is 267 g/mol. The number of nitrogen functional groups attached to an aromatic ring is 1. The highest BCUT2D eigenvalue weighted by molar-refractivity contribution is 7.98. The van der Waals surface area contributed by atoms with E-state index in [1.54, 1.807) is 16.7 Å². The van der Waals surface area contributed by atoms with Gasteiger partial charge in [-0.3, -0.25) is 4.57 Å². The zero-order chi connectivity index (χ0) is 13.8. The third-order valence-corrected chi connectivity index (χ3v) is 3.66. The molecule has 0 aliphatic rings. The van der Waals surface area contributed by atoms with Crippen LogP contribution >= 0.6 is 11.8 Å². The molecular formula is C12H15FN4OS. The number of benzene rings is 1. The Labute approximate surface area is 114 Å². The minimum Gasteiger partial charge on any atom is -0.396 e. The molecule has 0 saturated carbocycles. The molecule has 0 unspecified atom stereocenters. The van der Waals surface area contributed by atoms with Crippen molar-refractivity contribution in [2.24, 2.45) is 0 Å². The second-order valence-corrected chi connectivity index (χ2v) is 5.01. The number of hydrogen-bond donors (Lipinski definition) is 2. The van der Waals surface area contributed by atoms with Crippen LogP contribution in [0, 0.1) is 5.82 Å². The van der Waals surface area contributed by atoms with Crippen molar-refractivity contribution >= 4 is 17.4 Å². The molecule has 0 radical (unpaired) electrons. The Hall–Kier alpha value is -1.76. The Balaban J connectivity index is 2.15. The summed E-state index contributed by atoms with van der Waals surface area (Å²) in [7, 11) is 0. The van der Waals surface area contributed by atoms with Crippen LogP contribution in [0.25, 0.3) is 0 Å². The van der Waals surface area contributed by atoms with Crippen LogP contribution in [0.15, 0.2) is 28.2 Å². The zero-order valence-electron chi connectivity index (χ0n) is 10.5. The summed E-state index contributed by atoms with van der Waals surface area (Å²) >= 11 is 1.31. The lowest BCUT2D eigenvalue weighted by Gasteiger charge is -2.06. The number of halogens is 1. The second-order valence-electron chi connectivity index (χ2n) is 4.07. The van der Waals surface area contributed by atoms with Gasteiger partial charge in [-0.05, 0) is 12.5 Å². The minimum atomic E-state index is -0.407. The molecule has 0 atom stereocenters. The molecule has 1 heterocycles. The molecule has 0 saturated heterocycles. The fourth-order valence-electron chi connectivity index (χ4n) is 1.69. The van der Waals surface area contributed by atoms with E-state index in [4.69, 9.17) is 5.73 Å². The molecule has 0 aliphatic heterocycles. The molecule has 5 nitrogen and oxygen atoms in total. The van der Waals surface area contributed by atoms with Gasteiger partial charge in [0.15, 0.2) is 5.16 Å². The molecule has 0 fully saturated rings. The van der Waals surface area contributed by atoms with E-state index in [2.05, 4.69) is 10.2 Å². The van der Waals surface area contributed by atoms with Crippen LogP contribution in [0.5, 0.6) is 0 Å². The van der Waals surface area contributed by atoms with Gasteiger partial charge in [-0.25, -0.2) is 14.3 Å². The third-order valence-electron chi connectivity index (χ3n) is 2.64. The first-order valence-corrected chi connectivity index (χ1v) is 6.93. The first kappa shape index (κ1) is 13.7.